The number of nitrogen functional groups attached to an aromatic ring is 1. The van der Waals surface area contributed by atoms with Gasteiger partial charge in [-0.05, 0) is 42.8 Å². The zero-order valence-corrected chi connectivity index (χ0v) is 11.0. The fourth-order valence-corrected chi connectivity index (χ4v) is 1.88. The molecule has 0 radical (unpaired) electrons. The van der Waals surface area contributed by atoms with Gasteiger partial charge in [-0.1, -0.05) is 17.7 Å². The summed E-state index contributed by atoms with van der Waals surface area (Å²) in [4.78, 5) is 12.1. The summed E-state index contributed by atoms with van der Waals surface area (Å²) in [7, 11) is 0. The molecule has 0 saturated heterocycles. The van der Waals surface area contributed by atoms with Crippen molar-refractivity contribution in [3.05, 3.63) is 52.5 Å². The lowest BCUT2D eigenvalue weighted by atomic mass is 10.1. The summed E-state index contributed by atoms with van der Waals surface area (Å²) in [5.41, 5.74) is 7.60. The number of amides is 1. The Morgan fingerprint density at radius 1 is 1.32 bits per heavy atom. The van der Waals surface area contributed by atoms with Gasteiger partial charge < -0.3 is 16.2 Å². The molecule has 0 aliphatic heterocycles. The number of aryl methyl sites for hydroxylation is 1. The predicted molar refractivity (Wildman–Crippen MR) is 76.7 cm³/mol. The van der Waals surface area contributed by atoms with Gasteiger partial charge in [0.2, 0.25) is 0 Å². The Bertz CT molecular complexity index is 621. The monoisotopic (exact) mass is 276 g/mol. The second-order valence-electron chi connectivity index (χ2n) is 4.16. The molecule has 98 valence electrons. The molecule has 2 aromatic rings. The Labute approximate surface area is 115 Å². The van der Waals surface area contributed by atoms with Crippen LogP contribution in [0.4, 0.5) is 11.4 Å². The van der Waals surface area contributed by atoms with Crippen LogP contribution < -0.4 is 11.1 Å². The number of nitrogens with two attached hydrogens (primary N) is 1. The van der Waals surface area contributed by atoms with Crippen molar-refractivity contribution in [1.29, 1.82) is 0 Å². The van der Waals surface area contributed by atoms with Crippen LogP contribution in [0.1, 0.15) is 15.9 Å². The van der Waals surface area contributed by atoms with Crippen molar-refractivity contribution < 1.29 is 9.90 Å². The molecule has 4 nitrogen and oxygen atoms in total. The van der Waals surface area contributed by atoms with Crippen molar-refractivity contribution in [2.24, 2.45) is 0 Å². The molecule has 4 N–H and O–H groups in total. The number of anilines is 2. The Morgan fingerprint density at radius 2 is 2.05 bits per heavy atom. The second-order valence-corrected chi connectivity index (χ2v) is 4.57. The number of hydrogen-bond donors (Lipinski definition) is 3. The summed E-state index contributed by atoms with van der Waals surface area (Å²) in [5.74, 6) is -0.184. The predicted octanol–water partition coefficient (Wildman–Crippen LogP) is 3.19. The Balaban J connectivity index is 2.28. The van der Waals surface area contributed by atoms with Crippen LogP contribution in [0.2, 0.25) is 5.02 Å². The van der Waals surface area contributed by atoms with E-state index in [-0.39, 0.29) is 11.7 Å². The molecule has 0 atom stereocenters. The molecule has 0 bridgehead atoms. The lowest BCUT2D eigenvalue weighted by Crippen LogP contribution is -2.13. The number of para-hydroxylation sites is 1. The van der Waals surface area contributed by atoms with Gasteiger partial charge in [-0.25, -0.2) is 0 Å². The molecule has 2 rings (SSSR count). The number of rotatable bonds is 2. The number of carbonyl (C=O) groups is 1. The third-order valence-corrected chi connectivity index (χ3v) is 3.06. The largest absolute Gasteiger partial charge is 0.508 e. The SMILES string of the molecule is Cc1cc(C(=O)Nc2c(N)cccc2Cl)ccc1O. The van der Waals surface area contributed by atoms with Crippen molar-refractivity contribution in [1.82, 2.24) is 0 Å². The summed E-state index contributed by atoms with van der Waals surface area (Å²) < 4.78 is 0. The summed E-state index contributed by atoms with van der Waals surface area (Å²) in [6, 6.07) is 9.61. The van der Waals surface area contributed by atoms with E-state index >= 15 is 0 Å². The van der Waals surface area contributed by atoms with Crippen LogP contribution in [0.5, 0.6) is 5.75 Å². The van der Waals surface area contributed by atoms with E-state index in [1.54, 1.807) is 31.2 Å². The number of phenols is 1. The standard InChI is InChI=1S/C14H13ClN2O2/c1-8-7-9(5-6-12(8)18)14(19)17-13-10(15)3-2-4-11(13)16/h2-7,18H,16H2,1H3,(H,17,19). The lowest BCUT2D eigenvalue weighted by Gasteiger charge is -2.10. The minimum atomic E-state index is -0.331. The zero-order chi connectivity index (χ0) is 14.0. The molecule has 5 heteroatoms. The molecule has 0 heterocycles. The van der Waals surface area contributed by atoms with Crippen molar-refractivity contribution in [2.75, 3.05) is 11.1 Å². The van der Waals surface area contributed by atoms with E-state index in [0.29, 0.717) is 27.5 Å². The van der Waals surface area contributed by atoms with Gasteiger partial charge in [0.05, 0.1) is 16.4 Å². The fourth-order valence-electron chi connectivity index (χ4n) is 1.66. The smallest absolute Gasteiger partial charge is 0.255 e. The zero-order valence-electron chi connectivity index (χ0n) is 10.3. The van der Waals surface area contributed by atoms with Crippen LogP contribution in [0.25, 0.3) is 0 Å². The molecule has 0 aromatic heterocycles. The summed E-state index contributed by atoms with van der Waals surface area (Å²) in [6.45, 7) is 1.72. The highest BCUT2D eigenvalue weighted by atomic mass is 35.5. The van der Waals surface area contributed by atoms with Crippen molar-refractivity contribution in [2.45, 2.75) is 6.92 Å². The van der Waals surface area contributed by atoms with E-state index in [2.05, 4.69) is 5.32 Å². The molecule has 0 spiro atoms. The third-order valence-electron chi connectivity index (χ3n) is 2.74. The number of nitrogens with one attached hydrogen (secondary N) is 1. The number of hydrogen-bond acceptors (Lipinski definition) is 3. The maximum absolute atomic E-state index is 12.1. The fraction of sp³-hybridized carbons (Fsp3) is 0.0714. The van der Waals surface area contributed by atoms with Crippen LogP contribution in [0.3, 0.4) is 0 Å². The minimum absolute atomic E-state index is 0.147. The van der Waals surface area contributed by atoms with Gasteiger partial charge in [0, 0.05) is 5.56 Å². The van der Waals surface area contributed by atoms with Crippen LogP contribution in [-0.2, 0) is 0 Å². The first-order valence-corrected chi connectivity index (χ1v) is 6.02. The van der Waals surface area contributed by atoms with E-state index in [9.17, 15) is 9.90 Å². The summed E-state index contributed by atoms with van der Waals surface area (Å²) >= 11 is 5.98. The topological polar surface area (TPSA) is 75.4 Å². The number of benzene rings is 2. The van der Waals surface area contributed by atoms with Gasteiger partial charge in [-0.3, -0.25) is 4.79 Å². The Morgan fingerprint density at radius 3 is 2.68 bits per heavy atom. The first-order valence-electron chi connectivity index (χ1n) is 5.64. The first kappa shape index (κ1) is 13.2. The van der Waals surface area contributed by atoms with Gasteiger partial charge >= 0.3 is 0 Å². The van der Waals surface area contributed by atoms with Crippen molar-refractivity contribution in [3.63, 3.8) is 0 Å². The third kappa shape index (κ3) is 2.80. The van der Waals surface area contributed by atoms with E-state index in [1.165, 1.54) is 12.1 Å². The maximum atomic E-state index is 12.1. The minimum Gasteiger partial charge on any atom is -0.508 e. The van der Waals surface area contributed by atoms with Gasteiger partial charge in [-0.2, -0.15) is 0 Å². The second kappa shape index (κ2) is 5.20. The van der Waals surface area contributed by atoms with Gasteiger partial charge in [0.15, 0.2) is 0 Å². The first-order chi connectivity index (χ1) is 8.99. The highest BCUT2D eigenvalue weighted by molar-refractivity contribution is 6.34. The van der Waals surface area contributed by atoms with Crippen LogP contribution in [0.15, 0.2) is 36.4 Å². The quantitative estimate of drug-likeness (QED) is 0.737. The highest BCUT2D eigenvalue weighted by Crippen LogP contribution is 2.28. The normalized spacial score (nSPS) is 10.2. The van der Waals surface area contributed by atoms with E-state index in [0.717, 1.165) is 0 Å². The molecular formula is C14H13ClN2O2. The van der Waals surface area contributed by atoms with Gasteiger partial charge in [0.1, 0.15) is 5.75 Å². The van der Waals surface area contributed by atoms with Crippen molar-refractivity contribution >= 4 is 28.9 Å². The number of halogens is 1. The molecule has 19 heavy (non-hydrogen) atoms. The van der Waals surface area contributed by atoms with Crippen LogP contribution >= 0.6 is 11.6 Å². The Hall–Kier alpha value is -2.20. The Kier molecular flexibility index (Phi) is 3.62. The molecule has 0 aliphatic rings. The summed E-state index contributed by atoms with van der Waals surface area (Å²) in [5, 5.41) is 12.5. The average molecular weight is 277 g/mol. The lowest BCUT2D eigenvalue weighted by molar-refractivity contribution is 0.102. The van der Waals surface area contributed by atoms with Crippen LogP contribution in [-0.4, -0.2) is 11.0 Å². The maximum Gasteiger partial charge on any atom is 0.255 e. The van der Waals surface area contributed by atoms with Gasteiger partial charge in [0.25, 0.3) is 5.91 Å². The van der Waals surface area contributed by atoms with Gasteiger partial charge in [-0.15, -0.1) is 0 Å². The summed E-state index contributed by atoms with van der Waals surface area (Å²) in [6.07, 6.45) is 0. The van der Waals surface area contributed by atoms with Crippen molar-refractivity contribution in [3.8, 4) is 5.75 Å². The molecule has 0 fully saturated rings. The molecule has 0 aliphatic carbocycles. The number of aromatic hydroxyl groups is 1. The van der Waals surface area contributed by atoms with Crippen LogP contribution in [0, 0.1) is 6.92 Å². The number of phenolic OH excluding ortho intramolecular Hbond substituents is 1. The highest BCUT2D eigenvalue weighted by Gasteiger charge is 2.11. The number of carbonyl (C=O) groups excluding carboxylic acids is 1. The molecule has 0 unspecified atom stereocenters. The average Bonchev–Trinajstić information content (AvgIpc) is 2.37. The van der Waals surface area contributed by atoms with E-state index in [1.807, 2.05) is 0 Å². The molecule has 1 amide bonds. The van der Waals surface area contributed by atoms with E-state index < -0.39 is 0 Å². The molecule has 0 saturated carbocycles. The molecule has 2 aromatic carbocycles. The van der Waals surface area contributed by atoms with E-state index in [4.69, 9.17) is 17.3 Å². The molecular weight excluding hydrogens is 264 g/mol.